The lowest BCUT2D eigenvalue weighted by atomic mass is 9.68. The van der Waals surface area contributed by atoms with Crippen molar-refractivity contribution in [2.24, 2.45) is 21.0 Å². The molecule has 0 radical (unpaired) electrons. The summed E-state index contributed by atoms with van der Waals surface area (Å²) in [6.07, 6.45) is 7.38. The Morgan fingerprint density at radius 3 is 2.69 bits per heavy atom. The summed E-state index contributed by atoms with van der Waals surface area (Å²) < 4.78 is 31.4. The molecule has 230 valence electrons. The van der Waals surface area contributed by atoms with E-state index in [-0.39, 0.29) is 16.6 Å². The van der Waals surface area contributed by atoms with Gasteiger partial charge in [0.25, 0.3) is 0 Å². The molecule has 1 fully saturated rings. The molecule has 5 atom stereocenters. The smallest absolute Gasteiger partial charge is 0.195 e. The minimum absolute atomic E-state index is 0.0375. The van der Waals surface area contributed by atoms with Crippen LogP contribution >= 0.6 is 11.6 Å². The maximum atomic E-state index is 14.1. The van der Waals surface area contributed by atoms with E-state index < -0.39 is 18.2 Å². The highest BCUT2D eigenvalue weighted by Gasteiger charge is 2.44. The minimum Gasteiger partial charge on any atom is -0.490 e. The maximum Gasteiger partial charge on any atom is 0.195 e. The SMILES string of the molecule is C=CC(OC)[C@@H]1CC[C@H]1CN1C[C@@]2(CCCc3cc(Cl)ccc32)COc2ccc(S(N)(=O)=N[Si](C)(C)C(C)(C)C)cc21. The van der Waals surface area contributed by atoms with Crippen LogP contribution in [-0.2, 0) is 26.5 Å². The van der Waals surface area contributed by atoms with Crippen molar-refractivity contribution in [3.63, 3.8) is 0 Å². The summed E-state index contributed by atoms with van der Waals surface area (Å²) >= 11 is 6.43. The molecule has 1 aliphatic heterocycles. The Morgan fingerprint density at radius 1 is 1.29 bits per heavy atom. The summed E-state index contributed by atoms with van der Waals surface area (Å²) in [6, 6.07) is 12.1. The quantitative estimate of drug-likeness (QED) is 0.251. The van der Waals surface area contributed by atoms with Gasteiger partial charge in [-0.3, -0.25) is 4.03 Å². The van der Waals surface area contributed by atoms with Gasteiger partial charge in [-0.15, -0.1) is 6.58 Å². The van der Waals surface area contributed by atoms with Gasteiger partial charge in [-0.2, -0.15) is 0 Å². The molecule has 1 saturated carbocycles. The van der Waals surface area contributed by atoms with Gasteiger partial charge in [0.15, 0.2) is 8.24 Å². The van der Waals surface area contributed by atoms with Crippen LogP contribution in [-0.4, -0.2) is 45.4 Å². The van der Waals surface area contributed by atoms with Crippen LogP contribution in [0, 0.1) is 11.8 Å². The topological polar surface area (TPSA) is 77.1 Å². The Kier molecular flexibility index (Phi) is 8.71. The lowest BCUT2D eigenvalue weighted by molar-refractivity contribution is 0.0135. The molecule has 1 spiro atoms. The number of anilines is 1. The van der Waals surface area contributed by atoms with Crippen LogP contribution in [0.1, 0.15) is 57.6 Å². The van der Waals surface area contributed by atoms with E-state index in [1.165, 1.54) is 11.1 Å². The van der Waals surface area contributed by atoms with Gasteiger partial charge in [-0.25, -0.2) is 9.35 Å². The van der Waals surface area contributed by atoms with Gasteiger partial charge >= 0.3 is 0 Å². The van der Waals surface area contributed by atoms with Crippen LogP contribution < -0.4 is 14.8 Å². The highest BCUT2D eigenvalue weighted by molar-refractivity contribution is 7.92. The lowest BCUT2D eigenvalue weighted by Gasteiger charge is -2.46. The second-order valence-corrected chi connectivity index (χ2v) is 21.5. The van der Waals surface area contributed by atoms with Crippen LogP contribution in [0.15, 0.2) is 58.0 Å². The first kappa shape index (κ1) is 31.6. The molecule has 3 aliphatic rings. The average molecular weight is 630 g/mol. The van der Waals surface area contributed by atoms with Crippen molar-refractivity contribution in [3.05, 3.63) is 65.2 Å². The first-order valence-electron chi connectivity index (χ1n) is 15.2. The molecule has 0 amide bonds. The number of benzene rings is 2. The molecule has 0 aromatic heterocycles. The fourth-order valence-corrected chi connectivity index (χ4v) is 11.8. The molecule has 2 aromatic carbocycles. The number of methoxy groups -OCH3 is 1. The molecule has 0 bridgehead atoms. The van der Waals surface area contributed by atoms with E-state index >= 15 is 0 Å². The van der Waals surface area contributed by atoms with Crippen molar-refractivity contribution in [2.45, 2.75) is 87.4 Å². The molecule has 0 saturated heterocycles. The van der Waals surface area contributed by atoms with Gasteiger partial charge < -0.3 is 14.4 Å². The Labute approximate surface area is 259 Å². The molecular formula is C33H48ClN3O3SSi. The normalized spacial score (nSPS) is 26.1. The molecule has 2 aromatic rings. The summed E-state index contributed by atoms with van der Waals surface area (Å²) in [7, 11) is -3.60. The number of ether oxygens (including phenoxy) is 2. The number of nitrogens with two attached hydrogens (primary N) is 1. The Morgan fingerprint density at radius 2 is 2.05 bits per heavy atom. The predicted molar refractivity (Wildman–Crippen MR) is 178 cm³/mol. The van der Waals surface area contributed by atoms with E-state index in [4.69, 9.17) is 30.2 Å². The fourth-order valence-electron chi connectivity index (χ4n) is 6.79. The standard InChI is InChI=1S/C33H48ClN3O3SSi/c1-8-30(39-5)27-14-11-24(27)20-37-21-33(17-9-10-23-18-25(34)12-15-28(23)33)22-40-31-16-13-26(19-29(31)37)41(35,38)36-42(6,7)32(2,3)4/h8,12-13,15-16,18-19,24,27,30H,1,9-11,14,17,20-22H2,2-7H3,(H2,35,36,38)/t24-,27+,30?,33-,41?/m0/s1. The Hall–Kier alpha value is -1.84. The summed E-state index contributed by atoms with van der Waals surface area (Å²) in [6.45, 7) is 17.0. The van der Waals surface area contributed by atoms with Gasteiger partial charge in [0.2, 0.25) is 0 Å². The largest absolute Gasteiger partial charge is 0.490 e. The third kappa shape index (κ3) is 5.94. The van der Waals surface area contributed by atoms with E-state index in [1.54, 1.807) is 7.11 Å². The summed E-state index contributed by atoms with van der Waals surface area (Å²) in [5, 5.41) is 7.30. The summed E-state index contributed by atoms with van der Waals surface area (Å²) in [5.41, 5.74) is 3.42. The van der Waals surface area contributed by atoms with Crippen molar-refractivity contribution in [1.29, 1.82) is 0 Å². The third-order valence-electron chi connectivity index (χ3n) is 10.4. The molecule has 9 heteroatoms. The molecule has 2 unspecified atom stereocenters. The predicted octanol–water partition coefficient (Wildman–Crippen LogP) is 7.75. The zero-order chi connectivity index (χ0) is 30.5. The first-order chi connectivity index (χ1) is 19.7. The molecule has 42 heavy (non-hydrogen) atoms. The molecule has 2 aliphatic carbocycles. The lowest BCUT2D eigenvalue weighted by Crippen LogP contribution is -2.49. The number of aryl methyl sites for hydroxylation is 1. The van der Waals surface area contributed by atoms with Gasteiger partial charge in [0.05, 0.1) is 23.3 Å². The van der Waals surface area contributed by atoms with Gasteiger partial charge in [-0.05, 0) is 104 Å². The van der Waals surface area contributed by atoms with Crippen molar-refractivity contribution < 1.29 is 13.7 Å². The number of hydrogen-bond acceptors (Lipinski definition) is 5. The molecule has 6 nitrogen and oxygen atoms in total. The minimum atomic E-state index is -3.10. The highest BCUT2D eigenvalue weighted by Crippen LogP contribution is 2.47. The zero-order valence-corrected chi connectivity index (χ0v) is 28.7. The fraction of sp³-hybridized carbons (Fsp3) is 0.576. The van der Waals surface area contributed by atoms with E-state index in [1.807, 2.05) is 30.3 Å². The Balaban J connectivity index is 1.59. The van der Waals surface area contributed by atoms with Crippen molar-refractivity contribution in [3.8, 4) is 5.75 Å². The second kappa shape index (κ2) is 11.6. The van der Waals surface area contributed by atoms with Gasteiger partial charge in [0.1, 0.15) is 15.7 Å². The van der Waals surface area contributed by atoms with Crippen LogP contribution in [0.4, 0.5) is 5.69 Å². The number of nitrogens with zero attached hydrogens (tertiary/aromatic N) is 2. The maximum absolute atomic E-state index is 14.1. The van der Waals surface area contributed by atoms with Crippen molar-refractivity contribution in [1.82, 2.24) is 0 Å². The van der Waals surface area contributed by atoms with Crippen LogP contribution in [0.2, 0.25) is 23.2 Å². The second-order valence-electron chi connectivity index (χ2n) is 14.1. The van der Waals surface area contributed by atoms with Gasteiger partial charge in [-0.1, -0.05) is 44.5 Å². The number of hydrogen-bond donors (Lipinski definition) is 1. The zero-order valence-electron chi connectivity index (χ0n) is 26.1. The molecule has 2 N–H and O–H groups in total. The average Bonchev–Trinajstić information content (AvgIpc) is 3.05. The number of fused-ring (bicyclic) bond motifs is 3. The van der Waals surface area contributed by atoms with Crippen molar-refractivity contribution >= 4 is 35.4 Å². The third-order valence-corrected chi connectivity index (χ3v) is 18.1. The van der Waals surface area contributed by atoms with E-state index in [0.717, 1.165) is 61.7 Å². The van der Waals surface area contributed by atoms with Crippen LogP contribution in [0.25, 0.3) is 0 Å². The van der Waals surface area contributed by atoms with Crippen LogP contribution in [0.5, 0.6) is 5.75 Å². The van der Waals surface area contributed by atoms with E-state index in [0.29, 0.717) is 23.3 Å². The molecular weight excluding hydrogens is 582 g/mol. The molecule has 1 heterocycles. The highest BCUT2D eigenvalue weighted by atomic mass is 35.5. The van der Waals surface area contributed by atoms with E-state index in [2.05, 4.69) is 57.5 Å². The van der Waals surface area contributed by atoms with Crippen LogP contribution in [0.3, 0.4) is 0 Å². The Bertz CT molecular complexity index is 1460. The summed E-state index contributed by atoms with van der Waals surface area (Å²) in [5.74, 6) is 1.68. The summed E-state index contributed by atoms with van der Waals surface area (Å²) in [4.78, 5) is 3.04. The van der Waals surface area contributed by atoms with Gasteiger partial charge in [0, 0.05) is 30.6 Å². The van der Waals surface area contributed by atoms with Crippen molar-refractivity contribution in [2.75, 3.05) is 31.7 Å². The number of halogens is 1. The first-order valence-corrected chi connectivity index (χ1v) is 20.1. The monoisotopic (exact) mass is 629 g/mol. The van der Waals surface area contributed by atoms with E-state index in [9.17, 15) is 4.21 Å². The number of rotatable bonds is 7. The molecule has 5 rings (SSSR count).